The van der Waals surface area contributed by atoms with Crippen molar-refractivity contribution >= 4 is 43.3 Å². The fourth-order valence-electron chi connectivity index (χ4n) is 4.74. The summed E-state index contributed by atoms with van der Waals surface area (Å²) in [5.41, 5.74) is 4.76. The summed E-state index contributed by atoms with van der Waals surface area (Å²) in [6.07, 6.45) is 0. The van der Waals surface area contributed by atoms with Gasteiger partial charge in [-0.15, -0.1) is 0 Å². The molecule has 0 spiro atoms. The molecule has 6 aromatic rings. The van der Waals surface area contributed by atoms with Crippen molar-refractivity contribution in [3.63, 3.8) is 0 Å². The van der Waals surface area contributed by atoms with Crippen molar-refractivity contribution in [3.8, 4) is 22.5 Å². The van der Waals surface area contributed by atoms with E-state index in [0.29, 0.717) is 0 Å². The molecule has 1 aromatic heterocycles. The molecule has 114 valence electrons. The van der Waals surface area contributed by atoms with Gasteiger partial charge in [-0.3, -0.25) is 0 Å². The highest BCUT2D eigenvalue weighted by Gasteiger charge is 2.29. The van der Waals surface area contributed by atoms with E-state index in [2.05, 4.69) is 66.7 Å². The standard InChI is InChI=1S/C24H12O/c1-2-7-19-16(6-1)23-18-12-15-5-3-4-13-8-9-14-10-11-17(24(23)25-19)22(18)21(14)20(13)15/h1-12H. The van der Waals surface area contributed by atoms with E-state index in [1.807, 2.05) is 6.07 Å². The SMILES string of the molecule is c1cc2ccc3ccc4c5c(cc(c1)c2c35)-c1c-4oc2ccccc12. The predicted octanol–water partition coefficient (Wildman–Crippen LogP) is 6.98. The molecule has 5 aromatic carbocycles. The molecular weight excluding hydrogens is 304 g/mol. The number of fused-ring (bicyclic) bond motifs is 5. The lowest BCUT2D eigenvalue weighted by Gasteiger charge is -2.12. The van der Waals surface area contributed by atoms with Crippen molar-refractivity contribution in [2.45, 2.75) is 0 Å². The van der Waals surface area contributed by atoms with E-state index in [1.54, 1.807) is 0 Å². The molecule has 0 saturated carbocycles. The predicted molar refractivity (Wildman–Crippen MR) is 104 cm³/mol. The quantitative estimate of drug-likeness (QED) is 0.275. The van der Waals surface area contributed by atoms with Crippen molar-refractivity contribution < 1.29 is 4.42 Å². The molecule has 0 N–H and O–H groups in total. The highest BCUT2D eigenvalue weighted by Crippen LogP contribution is 2.54. The molecule has 1 nitrogen and oxygen atoms in total. The molecule has 0 saturated heterocycles. The van der Waals surface area contributed by atoms with Crippen LogP contribution in [0.4, 0.5) is 0 Å². The van der Waals surface area contributed by atoms with E-state index in [1.165, 1.54) is 54.4 Å². The van der Waals surface area contributed by atoms with Gasteiger partial charge in [0, 0.05) is 21.9 Å². The average molecular weight is 316 g/mol. The minimum atomic E-state index is 0.969. The minimum Gasteiger partial charge on any atom is -0.455 e. The number of rotatable bonds is 0. The fraction of sp³-hybridized carbons (Fsp3) is 0. The molecule has 0 radical (unpaired) electrons. The Balaban J connectivity index is 1.83. The molecule has 0 atom stereocenters. The molecule has 0 amide bonds. The maximum absolute atomic E-state index is 6.28. The van der Waals surface area contributed by atoms with Crippen LogP contribution in [0, 0.1) is 0 Å². The van der Waals surface area contributed by atoms with Crippen molar-refractivity contribution in [1.82, 2.24) is 0 Å². The van der Waals surface area contributed by atoms with E-state index in [4.69, 9.17) is 4.42 Å². The van der Waals surface area contributed by atoms with Crippen LogP contribution in [-0.2, 0) is 0 Å². The fourth-order valence-corrected chi connectivity index (χ4v) is 4.74. The first-order valence-corrected chi connectivity index (χ1v) is 8.63. The number of hydrogen-bond acceptors (Lipinski definition) is 1. The third kappa shape index (κ3) is 1.26. The molecule has 0 unspecified atom stereocenters. The lowest BCUT2D eigenvalue weighted by Crippen LogP contribution is -1.85. The molecule has 1 aliphatic carbocycles. The molecule has 1 aliphatic rings. The largest absolute Gasteiger partial charge is 0.455 e. The van der Waals surface area contributed by atoms with Gasteiger partial charge in [-0.25, -0.2) is 0 Å². The molecule has 1 heteroatoms. The van der Waals surface area contributed by atoms with Gasteiger partial charge in [-0.05, 0) is 50.7 Å². The van der Waals surface area contributed by atoms with Gasteiger partial charge in [0.05, 0.1) is 0 Å². The zero-order chi connectivity index (χ0) is 16.1. The van der Waals surface area contributed by atoms with E-state index in [9.17, 15) is 0 Å². The summed E-state index contributed by atoms with van der Waals surface area (Å²) < 4.78 is 6.28. The van der Waals surface area contributed by atoms with Crippen molar-refractivity contribution in [2.24, 2.45) is 0 Å². The molecule has 0 bridgehead atoms. The summed E-state index contributed by atoms with van der Waals surface area (Å²) >= 11 is 0. The zero-order valence-corrected chi connectivity index (χ0v) is 13.3. The summed E-state index contributed by atoms with van der Waals surface area (Å²) in [4.78, 5) is 0. The van der Waals surface area contributed by atoms with Crippen LogP contribution in [0.25, 0.3) is 65.7 Å². The average Bonchev–Trinajstić information content (AvgIpc) is 3.18. The van der Waals surface area contributed by atoms with Crippen LogP contribution in [0.3, 0.4) is 0 Å². The smallest absolute Gasteiger partial charge is 0.143 e. The van der Waals surface area contributed by atoms with Crippen LogP contribution in [0.1, 0.15) is 0 Å². The van der Waals surface area contributed by atoms with Crippen LogP contribution in [0.2, 0.25) is 0 Å². The number of benzene rings is 5. The van der Waals surface area contributed by atoms with Gasteiger partial charge in [0.15, 0.2) is 0 Å². The minimum absolute atomic E-state index is 0.969. The van der Waals surface area contributed by atoms with Gasteiger partial charge in [-0.2, -0.15) is 0 Å². The van der Waals surface area contributed by atoms with Crippen molar-refractivity contribution in [1.29, 1.82) is 0 Å². The van der Waals surface area contributed by atoms with Crippen LogP contribution in [-0.4, -0.2) is 0 Å². The van der Waals surface area contributed by atoms with E-state index >= 15 is 0 Å². The third-order valence-corrected chi connectivity index (χ3v) is 5.74. The summed E-state index contributed by atoms with van der Waals surface area (Å²) in [5, 5.41) is 9.22. The molecule has 25 heavy (non-hydrogen) atoms. The van der Waals surface area contributed by atoms with Crippen LogP contribution < -0.4 is 0 Å². The number of hydrogen-bond donors (Lipinski definition) is 0. The van der Waals surface area contributed by atoms with E-state index in [0.717, 1.165) is 11.3 Å². The van der Waals surface area contributed by atoms with Gasteiger partial charge < -0.3 is 4.42 Å². The third-order valence-electron chi connectivity index (χ3n) is 5.74. The van der Waals surface area contributed by atoms with E-state index < -0.39 is 0 Å². The first-order valence-electron chi connectivity index (χ1n) is 8.63. The van der Waals surface area contributed by atoms with Crippen LogP contribution >= 0.6 is 0 Å². The van der Waals surface area contributed by atoms with E-state index in [-0.39, 0.29) is 0 Å². The number of furan rings is 1. The molecular formula is C24H12O. The maximum atomic E-state index is 6.28. The Labute approximate surface area is 143 Å². The first kappa shape index (κ1) is 12.1. The highest BCUT2D eigenvalue weighted by molar-refractivity contribution is 6.33. The number of para-hydroxylation sites is 1. The Morgan fingerprint density at radius 2 is 1.36 bits per heavy atom. The lowest BCUT2D eigenvalue weighted by atomic mass is 9.90. The van der Waals surface area contributed by atoms with Crippen LogP contribution in [0.5, 0.6) is 0 Å². The summed E-state index contributed by atoms with van der Waals surface area (Å²) in [6, 6.07) is 26.2. The summed E-state index contributed by atoms with van der Waals surface area (Å²) in [6.45, 7) is 0. The Kier molecular flexibility index (Phi) is 1.86. The molecule has 0 aliphatic heterocycles. The topological polar surface area (TPSA) is 13.1 Å². The Bertz CT molecular complexity index is 1480. The van der Waals surface area contributed by atoms with Gasteiger partial charge in [-0.1, -0.05) is 54.6 Å². The maximum Gasteiger partial charge on any atom is 0.143 e. The molecule has 1 heterocycles. The van der Waals surface area contributed by atoms with Crippen molar-refractivity contribution in [3.05, 3.63) is 72.8 Å². The lowest BCUT2D eigenvalue weighted by molar-refractivity contribution is 0.634. The Morgan fingerprint density at radius 1 is 0.560 bits per heavy atom. The second-order valence-corrected chi connectivity index (χ2v) is 6.96. The van der Waals surface area contributed by atoms with Gasteiger partial charge in [0.1, 0.15) is 11.3 Å². The Morgan fingerprint density at radius 3 is 2.32 bits per heavy atom. The van der Waals surface area contributed by atoms with Crippen LogP contribution in [0.15, 0.2) is 77.2 Å². The van der Waals surface area contributed by atoms with Crippen molar-refractivity contribution in [2.75, 3.05) is 0 Å². The zero-order valence-electron chi connectivity index (χ0n) is 13.3. The summed E-state index contributed by atoms with van der Waals surface area (Å²) in [5.74, 6) is 1.02. The van der Waals surface area contributed by atoms with Gasteiger partial charge in [0.2, 0.25) is 0 Å². The normalized spacial score (nSPS) is 12.8. The first-order chi connectivity index (χ1) is 12.4. The molecule has 0 fully saturated rings. The Hall–Kier alpha value is -3.32. The monoisotopic (exact) mass is 316 g/mol. The van der Waals surface area contributed by atoms with Gasteiger partial charge >= 0.3 is 0 Å². The molecule has 7 rings (SSSR count). The van der Waals surface area contributed by atoms with Gasteiger partial charge in [0.25, 0.3) is 0 Å². The second kappa shape index (κ2) is 3.84. The summed E-state index contributed by atoms with van der Waals surface area (Å²) in [7, 11) is 0. The highest BCUT2D eigenvalue weighted by atomic mass is 16.3. The second-order valence-electron chi connectivity index (χ2n) is 6.96.